The summed E-state index contributed by atoms with van der Waals surface area (Å²) in [4.78, 5) is 17.3. The molecule has 1 aromatic carbocycles. The van der Waals surface area contributed by atoms with E-state index in [-0.39, 0.29) is 12.6 Å². The Morgan fingerprint density at radius 2 is 2.00 bits per heavy atom. The molecule has 0 bridgehead atoms. The maximum Gasteiger partial charge on any atom is 0.225 e. The SMILES string of the molecule is CN=C(NCc1cc(F)cc2c1OCOC2)N1CCN(c2ncccn2)CC1. The third kappa shape index (κ3) is 3.99. The number of anilines is 1. The lowest BCUT2D eigenvalue weighted by Crippen LogP contribution is -2.52. The summed E-state index contributed by atoms with van der Waals surface area (Å²) in [5, 5.41) is 3.33. The van der Waals surface area contributed by atoms with E-state index in [1.807, 2.05) is 6.07 Å². The maximum atomic E-state index is 13.9. The molecule has 1 fully saturated rings. The number of rotatable bonds is 3. The zero-order valence-electron chi connectivity index (χ0n) is 15.8. The Hall–Kier alpha value is -2.94. The first kappa shape index (κ1) is 18.4. The predicted octanol–water partition coefficient (Wildman–Crippen LogP) is 1.38. The van der Waals surface area contributed by atoms with Gasteiger partial charge in [0.15, 0.2) is 12.8 Å². The van der Waals surface area contributed by atoms with Gasteiger partial charge in [-0.05, 0) is 18.2 Å². The number of benzene rings is 1. The first-order chi connectivity index (χ1) is 13.7. The summed E-state index contributed by atoms with van der Waals surface area (Å²) < 4.78 is 24.7. The number of piperazine rings is 1. The molecule has 28 heavy (non-hydrogen) atoms. The molecule has 0 radical (unpaired) electrons. The smallest absolute Gasteiger partial charge is 0.225 e. The van der Waals surface area contributed by atoms with Crippen LogP contribution in [0, 0.1) is 5.82 Å². The molecule has 3 heterocycles. The van der Waals surface area contributed by atoms with Crippen molar-refractivity contribution >= 4 is 11.9 Å². The summed E-state index contributed by atoms with van der Waals surface area (Å²) in [5.74, 6) is 1.92. The first-order valence-electron chi connectivity index (χ1n) is 9.24. The van der Waals surface area contributed by atoms with Crippen LogP contribution in [0.4, 0.5) is 10.3 Å². The number of hydrogen-bond donors (Lipinski definition) is 1. The minimum absolute atomic E-state index is 0.184. The van der Waals surface area contributed by atoms with Crippen LogP contribution in [0.1, 0.15) is 11.1 Å². The highest BCUT2D eigenvalue weighted by molar-refractivity contribution is 5.80. The Kier molecular flexibility index (Phi) is 5.52. The van der Waals surface area contributed by atoms with Crippen molar-refractivity contribution in [1.29, 1.82) is 0 Å². The summed E-state index contributed by atoms with van der Waals surface area (Å²) in [6.07, 6.45) is 3.50. The standard InChI is InChI=1S/C19H23FN6O2/c1-21-18(25-5-7-26(8-6-25)19-22-3-2-4-23-19)24-11-14-9-16(20)10-15-12-27-13-28-17(14)15/h2-4,9-10H,5-8,11-13H2,1H3,(H,21,24). The fourth-order valence-electron chi connectivity index (χ4n) is 3.47. The van der Waals surface area contributed by atoms with Gasteiger partial charge < -0.3 is 24.6 Å². The molecule has 1 aromatic heterocycles. The van der Waals surface area contributed by atoms with E-state index < -0.39 is 0 Å². The van der Waals surface area contributed by atoms with E-state index in [4.69, 9.17) is 9.47 Å². The molecular formula is C19H23FN6O2. The quantitative estimate of drug-likeness (QED) is 0.631. The molecule has 2 aromatic rings. The summed E-state index contributed by atoms with van der Waals surface area (Å²) in [7, 11) is 1.75. The van der Waals surface area contributed by atoms with Gasteiger partial charge in [-0.1, -0.05) is 0 Å². The van der Waals surface area contributed by atoms with Crippen LogP contribution in [0.3, 0.4) is 0 Å². The van der Waals surface area contributed by atoms with E-state index in [1.54, 1.807) is 19.4 Å². The summed E-state index contributed by atoms with van der Waals surface area (Å²) in [6.45, 7) is 4.17. The summed E-state index contributed by atoms with van der Waals surface area (Å²) in [5.41, 5.74) is 1.49. The van der Waals surface area contributed by atoms with E-state index in [0.29, 0.717) is 18.9 Å². The molecule has 4 rings (SSSR count). The summed E-state index contributed by atoms with van der Waals surface area (Å²) >= 11 is 0. The predicted molar refractivity (Wildman–Crippen MR) is 103 cm³/mol. The Bertz CT molecular complexity index is 840. The van der Waals surface area contributed by atoms with Gasteiger partial charge in [0.2, 0.25) is 5.95 Å². The molecule has 0 amide bonds. The van der Waals surface area contributed by atoms with E-state index in [9.17, 15) is 4.39 Å². The van der Waals surface area contributed by atoms with E-state index in [1.165, 1.54) is 12.1 Å². The fourth-order valence-corrected chi connectivity index (χ4v) is 3.47. The highest BCUT2D eigenvalue weighted by atomic mass is 19.1. The van der Waals surface area contributed by atoms with Crippen LogP contribution in [0.2, 0.25) is 0 Å². The lowest BCUT2D eigenvalue weighted by atomic mass is 10.1. The topological polar surface area (TPSA) is 75.1 Å². The van der Waals surface area contributed by atoms with Gasteiger partial charge in [-0.3, -0.25) is 4.99 Å². The number of aliphatic imine (C=N–C) groups is 1. The monoisotopic (exact) mass is 386 g/mol. The second-order valence-electron chi connectivity index (χ2n) is 6.59. The van der Waals surface area contributed by atoms with Gasteiger partial charge in [0.1, 0.15) is 11.6 Å². The Labute approximate surface area is 163 Å². The van der Waals surface area contributed by atoms with Crippen molar-refractivity contribution in [2.75, 3.05) is 44.9 Å². The van der Waals surface area contributed by atoms with Crippen molar-refractivity contribution in [2.24, 2.45) is 4.99 Å². The normalized spacial score (nSPS) is 17.1. The number of fused-ring (bicyclic) bond motifs is 1. The molecule has 148 valence electrons. The van der Waals surface area contributed by atoms with E-state index in [0.717, 1.165) is 49.2 Å². The van der Waals surface area contributed by atoms with Crippen molar-refractivity contribution in [3.05, 3.63) is 47.5 Å². The van der Waals surface area contributed by atoms with Crippen LogP contribution < -0.4 is 15.0 Å². The second kappa shape index (κ2) is 8.39. The van der Waals surface area contributed by atoms with Crippen LogP contribution in [0.25, 0.3) is 0 Å². The highest BCUT2D eigenvalue weighted by Crippen LogP contribution is 2.29. The maximum absolute atomic E-state index is 13.9. The number of nitrogens with zero attached hydrogens (tertiary/aromatic N) is 5. The third-order valence-corrected chi connectivity index (χ3v) is 4.81. The van der Waals surface area contributed by atoms with E-state index >= 15 is 0 Å². The fraction of sp³-hybridized carbons (Fsp3) is 0.421. The van der Waals surface area contributed by atoms with E-state index in [2.05, 4.69) is 30.1 Å². The van der Waals surface area contributed by atoms with Crippen LogP contribution in [0.5, 0.6) is 5.75 Å². The molecule has 8 nitrogen and oxygen atoms in total. The van der Waals surface area contributed by atoms with Gasteiger partial charge >= 0.3 is 0 Å². The summed E-state index contributed by atoms with van der Waals surface area (Å²) in [6, 6.07) is 4.76. The Morgan fingerprint density at radius 3 is 2.75 bits per heavy atom. The van der Waals surface area contributed by atoms with Crippen LogP contribution in [-0.2, 0) is 17.9 Å². The lowest BCUT2D eigenvalue weighted by Gasteiger charge is -2.36. The second-order valence-corrected chi connectivity index (χ2v) is 6.59. The van der Waals surface area contributed by atoms with Crippen LogP contribution in [0.15, 0.2) is 35.6 Å². The number of guanidine groups is 1. The minimum atomic E-state index is -0.295. The van der Waals surface area contributed by atoms with Gasteiger partial charge in [-0.15, -0.1) is 0 Å². The molecule has 0 saturated carbocycles. The van der Waals surface area contributed by atoms with Gasteiger partial charge in [-0.25, -0.2) is 14.4 Å². The minimum Gasteiger partial charge on any atom is -0.467 e. The number of nitrogens with one attached hydrogen (secondary N) is 1. The average molecular weight is 386 g/mol. The molecule has 0 unspecified atom stereocenters. The number of aromatic nitrogens is 2. The van der Waals surface area contributed by atoms with Gasteiger partial charge in [-0.2, -0.15) is 0 Å². The van der Waals surface area contributed by atoms with Crippen LogP contribution in [-0.4, -0.2) is 60.8 Å². The Morgan fingerprint density at radius 1 is 1.21 bits per heavy atom. The number of hydrogen-bond acceptors (Lipinski definition) is 6. The lowest BCUT2D eigenvalue weighted by molar-refractivity contribution is -0.0173. The van der Waals surface area contributed by atoms with Gasteiger partial charge in [0.05, 0.1) is 6.61 Å². The highest BCUT2D eigenvalue weighted by Gasteiger charge is 2.22. The largest absolute Gasteiger partial charge is 0.467 e. The first-order valence-corrected chi connectivity index (χ1v) is 9.24. The van der Waals surface area contributed by atoms with Crippen molar-refractivity contribution in [1.82, 2.24) is 20.2 Å². The zero-order valence-corrected chi connectivity index (χ0v) is 15.8. The molecule has 9 heteroatoms. The molecule has 2 aliphatic heterocycles. The van der Waals surface area contributed by atoms with Crippen molar-refractivity contribution in [2.45, 2.75) is 13.2 Å². The van der Waals surface area contributed by atoms with Gasteiger partial charge in [0, 0.05) is 63.3 Å². The van der Waals surface area contributed by atoms with Crippen molar-refractivity contribution in [3.63, 3.8) is 0 Å². The number of ether oxygens (including phenoxy) is 2. The average Bonchev–Trinajstić information content (AvgIpc) is 2.75. The molecule has 0 aliphatic carbocycles. The van der Waals surface area contributed by atoms with Crippen LogP contribution >= 0.6 is 0 Å². The van der Waals surface area contributed by atoms with Crippen molar-refractivity contribution in [3.8, 4) is 5.75 Å². The Balaban J connectivity index is 1.38. The molecule has 1 N–H and O–H groups in total. The molecule has 0 spiro atoms. The molecule has 0 atom stereocenters. The molecule has 1 saturated heterocycles. The molecular weight excluding hydrogens is 363 g/mol. The number of halogens is 1. The third-order valence-electron chi connectivity index (χ3n) is 4.81. The molecule has 2 aliphatic rings. The van der Waals surface area contributed by atoms with Gasteiger partial charge in [0.25, 0.3) is 0 Å². The zero-order chi connectivity index (χ0) is 19.3. The van der Waals surface area contributed by atoms with Crippen molar-refractivity contribution < 1.29 is 13.9 Å².